The molecule has 8 nitrogen and oxygen atoms in total. The van der Waals surface area contributed by atoms with Gasteiger partial charge in [-0.25, -0.2) is 9.59 Å². The lowest BCUT2D eigenvalue weighted by molar-refractivity contribution is 0.412. The van der Waals surface area contributed by atoms with E-state index < -0.39 is 11.3 Å². The van der Waals surface area contributed by atoms with Gasteiger partial charge in [-0.1, -0.05) is 0 Å². The van der Waals surface area contributed by atoms with E-state index >= 15 is 0 Å². The standard InChI is InChI=1S/C15H12O4.C14H10O4/c1-8-5-11-10-4-3-9(16)6-14(10)19-15(17)12(11)7-13(8)18-2;1-17-9-3-5-10-11-4-2-8(15)6-13(11)18-14(16)12(10)7-9/h3-7,16H,1-2H3;2-7,15H,1H3. The topological polar surface area (TPSA) is 119 Å². The summed E-state index contributed by atoms with van der Waals surface area (Å²) in [6.07, 6.45) is 0. The summed E-state index contributed by atoms with van der Waals surface area (Å²) in [5, 5.41) is 22.9. The van der Waals surface area contributed by atoms with Gasteiger partial charge >= 0.3 is 11.3 Å². The summed E-state index contributed by atoms with van der Waals surface area (Å²) in [6.45, 7) is 1.92. The van der Waals surface area contributed by atoms with Crippen molar-refractivity contribution < 1.29 is 28.5 Å². The number of aryl methyl sites for hydroxylation is 1. The molecule has 6 rings (SSSR count). The summed E-state index contributed by atoms with van der Waals surface area (Å²) in [7, 11) is 3.11. The summed E-state index contributed by atoms with van der Waals surface area (Å²) in [5.74, 6) is 1.39. The highest BCUT2D eigenvalue weighted by atomic mass is 16.5. The molecule has 0 spiro atoms. The van der Waals surface area contributed by atoms with Crippen LogP contribution in [0, 0.1) is 6.92 Å². The maximum atomic E-state index is 12.0. The zero-order chi connectivity index (χ0) is 26.3. The summed E-state index contributed by atoms with van der Waals surface area (Å²) < 4.78 is 20.7. The van der Waals surface area contributed by atoms with E-state index in [4.69, 9.17) is 18.3 Å². The molecule has 2 heterocycles. The molecule has 0 atom stereocenters. The molecular formula is C29H22O8. The van der Waals surface area contributed by atoms with Crippen LogP contribution in [0.15, 0.2) is 85.2 Å². The Labute approximate surface area is 209 Å². The molecule has 0 unspecified atom stereocenters. The molecule has 2 aromatic heterocycles. The minimum atomic E-state index is -0.443. The first-order valence-electron chi connectivity index (χ1n) is 11.3. The highest BCUT2D eigenvalue weighted by Gasteiger charge is 2.11. The van der Waals surface area contributed by atoms with Crippen molar-refractivity contribution in [3.8, 4) is 23.0 Å². The average molecular weight is 498 g/mol. The van der Waals surface area contributed by atoms with Crippen molar-refractivity contribution in [1.29, 1.82) is 0 Å². The molecule has 2 N–H and O–H groups in total. The summed E-state index contributed by atoms with van der Waals surface area (Å²) >= 11 is 0. The number of benzene rings is 4. The van der Waals surface area contributed by atoms with Gasteiger partial charge in [-0.05, 0) is 67.1 Å². The van der Waals surface area contributed by atoms with Crippen molar-refractivity contribution in [3.05, 3.63) is 93.1 Å². The molecule has 8 heteroatoms. The summed E-state index contributed by atoms with van der Waals surface area (Å²) in [4.78, 5) is 23.8. The van der Waals surface area contributed by atoms with Gasteiger partial charge in [-0.2, -0.15) is 0 Å². The molecule has 4 aromatic carbocycles. The van der Waals surface area contributed by atoms with Crippen LogP contribution in [-0.4, -0.2) is 24.4 Å². The van der Waals surface area contributed by atoms with Crippen LogP contribution in [0.5, 0.6) is 23.0 Å². The minimum Gasteiger partial charge on any atom is -0.508 e. The predicted octanol–water partition coefficient (Wildman–Crippen LogP) is 5.63. The average Bonchev–Trinajstić information content (AvgIpc) is 2.88. The van der Waals surface area contributed by atoms with Crippen molar-refractivity contribution in [3.63, 3.8) is 0 Å². The van der Waals surface area contributed by atoms with Crippen molar-refractivity contribution in [2.45, 2.75) is 6.92 Å². The summed E-state index contributed by atoms with van der Waals surface area (Å²) in [5.41, 5.74) is 0.808. The van der Waals surface area contributed by atoms with Crippen LogP contribution in [-0.2, 0) is 0 Å². The first-order valence-corrected chi connectivity index (χ1v) is 11.3. The monoisotopic (exact) mass is 498 g/mol. The normalized spacial score (nSPS) is 11.0. The van der Waals surface area contributed by atoms with E-state index in [1.165, 1.54) is 12.1 Å². The zero-order valence-corrected chi connectivity index (χ0v) is 20.2. The first-order chi connectivity index (χ1) is 17.8. The second-order valence-corrected chi connectivity index (χ2v) is 8.42. The number of phenolic OH excluding ortho intramolecular Hbond substituents is 2. The predicted molar refractivity (Wildman–Crippen MR) is 141 cm³/mol. The van der Waals surface area contributed by atoms with Crippen LogP contribution in [0.2, 0.25) is 0 Å². The quantitative estimate of drug-likeness (QED) is 0.233. The van der Waals surface area contributed by atoms with Crippen LogP contribution in [0.4, 0.5) is 0 Å². The third-order valence-corrected chi connectivity index (χ3v) is 6.12. The lowest BCUT2D eigenvalue weighted by Gasteiger charge is -2.08. The van der Waals surface area contributed by atoms with Gasteiger partial charge in [0.05, 0.1) is 25.0 Å². The van der Waals surface area contributed by atoms with Crippen LogP contribution in [0.1, 0.15) is 5.56 Å². The molecule has 37 heavy (non-hydrogen) atoms. The Morgan fingerprint density at radius 3 is 1.70 bits per heavy atom. The van der Waals surface area contributed by atoms with Gasteiger partial charge in [-0.15, -0.1) is 0 Å². The smallest absolute Gasteiger partial charge is 0.344 e. The third-order valence-electron chi connectivity index (χ3n) is 6.12. The Hall–Kier alpha value is -4.98. The lowest BCUT2D eigenvalue weighted by Crippen LogP contribution is -2.01. The fourth-order valence-corrected chi connectivity index (χ4v) is 4.30. The Balaban J connectivity index is 0.000000152. The van der Waals surface area contributed by atoms with E-state index in [0.717, 1.165) is 27.1 Å². The van der Waals surface area contributed by atoms with Gasteiger partial charge in [0.15, 0.2) is 0 Å². The van der Waals surface area contributed by atoms with Crippen LogP contribution < -0.4 is 20.7 Å². The van der Waals surface area contributed by atoms with Crippen molar-refractivity contribution in [2.24, 2.45) is 0 Å². The lowest BCUT2D eigenvalue weighted by atomic mass is 10.0. The van der Waals surface area contributed by atoms with Gasteiger partial charge in [0.2, 0.25) is 0 Å². The number of methoxy groups -OCH3 is 2. The number of fused-ring (bicyclic) bond motifs is 6. The van der Waals surface area contributed by atoms with Crippen LogP contribution >= 0.6 is 0 Å². The van der Waals surface area contributed by atoms with Gasteiger partial charge < -0.3 is 28.5 Å². The number of hydrogen-bond acceptors (Lipinski definition) is 8. The molecule has 0 amide bonds. The SMILES string of the molecule is COc1cc2c(=O)oc3cc(O)ccc3c2cc1C.COc1ccc2c(c1)c(=O)oc1cc(O)ccc12. The largest absolute Gasteiger partial charge is 0.508 e. The number of rotatable bonds is 2. The van der Waals surface area contributed by atoms with Gasteiger partial charge in [-0.3, -0.25) is 0 Å². The Morgan fingerprint density at radius 2 is 1.14 bits per heavy atom. The molecule has 0 aliphatic rings. The van der Waals surface area contributed by atoms with E-state index in [1.807, 2.05) is 19.1 Å². The molecule has 186 valence electrons. The van der Waals surface area contributed by atoms with Gasteiger partial charge in [0, 0.05) is 33.7 Å². The van der Waals surface area contributed by atoms with Crippen LogP contribution in [0.25, 0.3) is 43.5 Å². The third kappa shape index (κ3) is 4.29. The molecule has 6 aromatic rings. The van der Waals surface area contributed by atoms with Gasteiger partial charge in [0.1, 0.15) is 34.2 Å². The number of aromatic hydroxyl groups is 2. The van der Waals surface area contributed by atoms with E-state index in [-0.39, 0.29) is 11.5 Å². The van der Waals surface area contributed by atoms with E-state index in [2.05, 4.69) is 0 Å². The highest BCUT2D eigenvalue weighted by molar-refractivity contribution is 6.06. The molecule has 0 saturated heterocycles. The Morgan fingerprint density at radius 1 is 0.595 bits per heavy atom. The fraction of sp³-hybridized carbons (Fsp3) is 0.103. The number of hydrogen-bond donors (Lipinski definition) is 2. The zero-order valence-electron chi connectivity index (χ0n) is 20.2. The molecule has 0 aliphatic carbocycles. The summed E-state index contributed by atoms with van der Waals surface area (Å²) in [6, 6.07) is 18.3. The van der Waals surface area contributed by atoms with Crippen LogP contribution in [0.3, 0.4) is 0 Å². The molecule has 0 aliphatic heterocycles. The molecule has 0 bridgehead atoms. The van der Waals surface area contributed by atoms with E-state index in [0.29, 0.717) is 33.4 Å². The number of phenols is 2. The Kier molecular flexibility index (Phi) is 5.93. The minimum absolute atomic E-state index is 0.0681. The maximum Gasteiger partial charge on any atom is 0.344 e. The van der Waals surface area contributed by atoms with Crippen molar-refractivity contribution in [1.82, 2.24) is 0 Å². The number of ether oxygens (including phenoxy) is 2. The van der Waals surface area contributed by atoms with E-state index in [1.54, 1.807) is 56.7 Å². The van der Waals surface area contributed by atoms with E-state index in [9.17, 15) is 19.8 Å². The molecule has 0 fully saturated rings. The van der Waals surface area contributed by atoms with Crippen molar-refractivity contribution in [2.75, 3.05) is 14.2 Å². The van der Waals surface area contributed by atoms with Crippen molar-refractivity contribution >= 4 is 43.5 Å². The van der Waals surface area contributed by atoms with Gasteiger partial charge in [0.25, 0.3) is 0 Å². The second kappa shape index (κ2) is 9.23. The molecule has 0 radical (unpaired) electrons. The Bertz CT molecular complexity index is 1930. The maximum absolute atomic E-state index is 12.0. The molecule has 0 saturated carbocycles. The molecular weight excluding hydrogens is 476 g/mol. The fourth-order valence-electron chi connectivity index (χ4n) is 4.30. The second-order valence-electron chi connectivity index (χ2n) is 8.42. The first kappa shape index (κ1) is 23.7. The highest BCUT2D eigenvalue weighted by Crippen LogP contribution is 2.30.